The summed E-state index contributed by atoms with van der Waals surface area (Å²) in [5.41, 5.74) is 0.424. The highest BCUT2D eigenvalue weighted by Crippen LogP contribution is 2.26. The molecule has 4 nitrogen and oxygen atoms in total. The Labute approximate surface area is 141 Å². The van der Waals surface area contributed by atoms with Crippen LogP contribution in [0.15, 0.2) is 12.1 Å². The molecule has 1 atom stereocenters. The lowest BCUT2D eigenvalue weighted by molar-refractivity contribution is -0.137. The second kappa shape index (κ2) is 8.05. The molecule has 1 unspecified atom stereocenters. The topological polar surface area (TPSA) is 66.4 Å². The number of benzene rings is 1. The van der Waals surface area contributed by atoms with Crippen molar-refractivity contribution in [1.29, 1.82) is 0 Å². The van der Waals surface area contributed by atoms with Crippen molar-refractivity contribution in [1.82, 2.24) is 5.32 Å². The predicted octanol–water partition coefficient (Wildman–Crippen LogP) is 3.97. The molecule has 0 aliphatic carbocycles. The highest BCUT2D eigenvalue weighted by Gasteiger charge is 2.16. The Kier molecular flexibility index (Phi) is 7.05. The molecule has 7 heteroatoms. The zero-order chi connectivity index (χ0) is 15.3. The molecule has 1 aromatic rings. The lowest BCUT2D eigenvalue weighted by Gasteiger charge is -2.14. The maximum Gasteiger partial charge on any atom is 0.303 e. The number of rotatable bonds is 6. The van der Waals surface area contributed by atoms with Gasteiger partial charge in [0.2, 0.25) is 0 Å². The van der Waals surface area contributed by atoms with Gasteiger partial charge in [0, 0.05) is 21.1 Å². The van der Waals surface area contributed by atoms with Gasteiger partial charge in [0.1, 0.15) is 0 Å². The Morgan fingerprint density at radius 1 is 1.40 bits per heavy atom. The van der Waals surface area contributed by atoms with E-state index in [1.165, 1.54) is 0 Å². The number of carboxylic acid groups (broad SMARTS) is 1. The van der Waals surface area contributed by atoms with Gasteiger partial charge in [-0.15, -0.1) is 0 Å². The highest BCUT2D eigenvalue weighted by molar-refractivity contribution is 14.1. The van der Waals surface area contributed by atoms with E-state index in [1.54, 1.807) is 12.1 Å². The van der Waals surface area contributed by atoms with Crippen LogP contribution in [0, 0.1) is 3.57 Å². The minimum Gasteiger partial charge on any atom is -0.481 e. The van der Waals surface area contributed by atoms with Crippen molar-refractivity contribution in [3.8, 4) is 0 Å². The van der Waals surface area contributed by atoms with Gasteiger partial charge < -0.3 is 10.4 Å². The van der Waals surface area contributed by atoms with Crippen LogP contribution in [0.5, 0.6) is 0 Å². The molecule has 0 fully saturated rings. The number of carboxylic acids is 1. The molecule has 0 aliphatic rings. The lowest BCUT2D eigenvalue weighted by Crippen LogP contribution is -2.33. The fourth-order valence-corrected chi connectivity index (χ4v) is 2.70. The Morgan fingerprint density at radius 2 is 2.05 bits per heavy atom. The normalized spacial score (nSPS) is 12.0. The summed E-state index contributed by atoms with van der Waals surface area (Å²) in [7, 11) is 0. The Hall–Kier alpha value is -0.530. The van der Waals surface area contributed by atoms with Crippen molar-refractivity contribution in [2.24, 2.45) is 0 Å². The van der Waals surface area contributed by atoms with Crippen LogP contribution in [0.1, 0.15) is 36.5 Å². The van der Waals surface area contributed by atoms with Crippen molar-refractivity contribution in [2.75, 3.05) is 0 Å². The first-order valence-electron chi connectivity index (χ1n) is 5.98. The molecule has 0 aliphatic heterocycles. The summed E-state index contributed by atoms with van der Waals surface area (Å²) in [5, 5.41) is 12.2. The van der Waals surface area contributed by atoms with E-state index in [9.17, 15) is 9.59 Å². The van der Waals surface area contributed by atoms with E-state index in [0.29, 0.717) is 32.0 Å². The summed E-state index contributed by atoms with van der Waals surface area (Å²) < 4.78 is 0.643. The van der Waals surface area contributed by atoms with E-state index in [1.807, 2.05) is 29.5 Å². The molecule has 0 radical (unpaired) electrons. The zero-order valence-electron chi connectivity index (χ0n) is 10.8. The maximum atomic E-state index is 12.1. The molecule has 20 heavy (non-hydrogen) atoms. The summed E-state index contributed by atoms with van der Waals surface area (Å²) in [6, 6.07) is 3.03. The first kappa shape index (κ1) is 17.5. The highest BCUT2D eigenvalue weighted by atomic mass is 127. The van der Waals surface area contributed by atoms with Gasteiger partial charge in [-0.2, -0.15) is 0 Å². The average molecular weight is 430 g/mol. The molecule has 0 heterocycles. The van der Waals surface area contributed by atoms with Crippen molar-refractivity contribution in [2.45, 2.75) is 32.2 Å². The summed E-state index contributed by atoms with van der Waals surface area (Å²) >= 11 is 13.9. The molecule has 0 saturated carbocycles. The van der Waals surface area contributed by atoms with E-state index >= 15 is 0 Å². The van der Waals surface area contributed by atoms with Gasteiger partial charge in [-0.3, -0.25) is 9.59 Å². The van der Waals surface area contributed by atoms with Crippen LogP contribution in [-0.2, 0) is 4.79 Å². The minimum absolute atomic E-state index is 0.0980. The molecule has 1 rings (SSSR count). The molecule has 0 saturated heterocycles. The molecule has 1 aromatic carbocycles. The molecule has 0 bridgehead atoms. The number of hydrogen-bond donors (Lipinski definition) is 2. The maximum absolute atomic E-state index is 12.1. The molecule has 0 aromatic heterocycles. The van der Waals surface area contributed by atoms with E-state index < -0.39 is 5.97 Å². The Balaban J connectivity index is 2.65. The van der Waals surface area contributed by atoms with Gasteiger partial charge in [0.15, 0.2) is 0 Å². The van der Waals surface area contributed by atoms with Crippen LogP contribution >= 0.6 is 45.8 Å². The van der Waals surface area contributed by atoms with E-state index in [-0.39, 0.29) is 18.4 Å². The van der Waals surface area contributed by atoms with Gasteiger partial charge in [-0.25, -0.2) is 0 Å². The SMILES string of the molecule is CC(CCCC(=O)O)NC(=O)c1cc(Cl)cc(Cl)c1I. The van der Waals surface area contributed by atoms with E-state index in [2.05, 4.69) is 5.32 Å². The van der Waals surface area contributed by atoms with Crippen LogP contribution in [0.2, 0.25) is 10.0 Å². The molecule has 110 valence electrons. The van der Waals surface area contributed by atoms with Gasteiger partial charge >= 0.3 is 5.97 Å². The fourth-order valence-electron chi connectivity index (χ4n) is 1.65. The third kappa shape index (κ3) is 5.46. The number of carbonyl (C=O) groups is 2. The number of aliphatic carboxylic acids is 1. The number of nitrogens with one attached hydrogen (secondary N) is 1. The second-order valence-corrected chi connectivity index (χ2v) is 6.33. The van der Waals surface area contributed by atoms with Crippen LogP contribution in [0.3, 0.4) is 0 Å². The molecule has 0 spiro atoms. The first-order valence-corrected chi connectivity index (χ1v) is 7.82. The second-order valence-electron chi connectivity index (χ2n) is 4.41. The van der Waals surface area contributed by atoms with Gasteiger partial charge in [0.25, 0.3) is 5.91 Å². The van der Waals surface area contributed by atoms with E-state index in [4.69, 9.17) is 28.3 Å². The predicted molar refractivity (Wildman–Crippen MR) is 87.6 cm³/mol. The summed E-state index contributed by atoms with van der Waals surface area (Å²) in [6.45, 7) is 1.83. The van der Waals surface area contributed by atoms with Crippen LogP contribution < -0.4 is 5.32 Å². The van der Waals surface area contributed by atoms with Crippen molar-refractivity contribution in [3.05, 3.63) is 31.3 Å². The van der Waals surface area contributed by atoms with Crippen LogP contribution in [-0.4, -0.2) is 23.0 Å². The number of halogens is 3. The summed E-state index contributed by atoms with van der Waals surface area (Å²) in [6.07, 6.45) is 1.22. The lowest BCUT2D eigenvalue weighted by atomic mass is 10.1. The smallest absolute Gasteiger partial charge is 0.303 e. The number of amides is 1. The summed E-state index contributed by atoms with van der Waals surface area (Å²) in [5.74, 6) is -1.10. The van der Waals surface area contributed by atoms with Crippen LogP contribution in [0.25, 0.3) is 0 Å². The summed E-state index contributed by atoms with van der Waals surface area (Å²) in [4.78, 5) is 22.6. The third-order valence-electron chi connectivity index (χ3n) is 2.64. The van der Waals surface area contributed by atoms with Gasteiger partial charge in [-0.1, -0.05) is 23.2 Å². The standard InChI is InChI=1S/C13H14Cl2INO3/c1-7(3-2-4-11(18)19)17-13(20)9-5-8(14)6-10(15)12(9)16/h5-7H,2-4H2,1H3,(H,17,20)(H,18,19). The fraction of sp³-hybridized carbons (Fsp3) is 0.385. The van der Waals surface area contributed by atoms with Crippen molar-refractivity contribution >= 4 is 57.7 Å². The van der Waals surface area contributed by atoms with Gasteiger partial charge in [-0.05, 0) is 54.5 Å². The largest absolute Gasteiger partial charge is 0.481 e. The quantitative estimate of drug-likeness (QED) is 0.531. The molecular formula is C13H14Cl2INO3. The Morgan fingerprint density at radius 3 is 2.65 bits per heavy atom. The number of hydrogen-bond acceptors (Lipinski definition) is 2. The number of carbonyl (C=O) groups excluding carboxylic acids is 1. The molecular weight excluding hydrogens is 416 g/mol. The van der Waals surface area contributed by atoms with Crippen molar-refractivity contribution < 1.29 is 14.7 Å². The van der Waals surface area contributed by atoms with Crippen molar-refractivity contribution in [3.63, 3.8) is 0 Å². The molecule has 1 amide bonds. The first-order chi connectivity index (χ1) is 9.31. The average Bonchev–Trinajstić information content (AvgIpc) is 2.32. The monoisotopic (exact) mass is 429 g/mol. The third-order valence-corrected chi connectivity index (χ3v) is 4.64. The Bertz CT molecular complexity index is 523. The van der Waals surface area contributed by atoms with E-state index in [0.717, 1.165) is 0 Å². The van der Waals surface area contributed by atoms with Gasteiger partial charge in [0.05, 0.1) is 10.6 Å². The minimum atomic E-state index is -0.834. The molecule has 2 N–H and O–H groups in total. The van der Waals surface area contributed by atoms with Crippen LogP contribution in [0.4, 0.5) is 0 Å². The zero-order valence-corrected chi connectivity index (χ0v) is 14.4.